The van der Waals surface area contributed by atoms with Crippen molar-refractivity contribution in [2.45, 2.75) is 59.1 Å². The van der Waals surface area contributed by atoms with Gasteiger partial charge in [-0.25, -0.2) is 9.18 Å². The lowest BCUT2D eigenvalue weighted by atomic mass is 10.0. The predicted octanol–water partition coefficient (Wildman–Crippen LogP) is 4.43. The van der Waals surface area contributed by atoms with Crippen molar-refractivity contribution in [3.8, 4) is 0 Å². The maximum Gasteiger partial charge on any atom is 0.410 e. The van der Waals surface area contributed by atoms with E-state index >= 15 is 0 Å². The Balaban J connectivity index is 2.93. The molecule has 0 saturated carbocycles. The maximum absolute atomic E-state index is 13.0. The van der Waals surface area contributed by atoms with Crippen molar-refractivity contribution in [1.29, 1.82) is 0 Å². The number of benzene rings is 1. The minimum atomic E-state index is -0.665. The number of amides is 1. The molecule has 0 saturated heterocycles. The summed E-state index contributed by atoms with van der Waals surface area (Å²) in [5, 5.41) is 0. The van der Waals surface area contributed by atoms with E-state index in [9.17, 15) is 14.0 Å². The summed E-state index contributed by atoms with van der Waals surface area (Å²) >= 11 is 0. The topological polar surface area (TPSA) is 46.6 Å². The van der Waals surface area contributed by atoms with Crippen LogP contribution in [0.25, 0.3) is 0 Å². The van der Waals surface area contributed by atoms with Crippen molar-refractivity contribution >= 4 is 11.9 Å². The molecule has 0 spiro atoms. The monoisotopic (exact) mass is 323 g/mol. The van der Waals surface area contributed by atoms with Crippen LogP contribution >= 0.6 is 0 Å². The molecular formula is C18H26FNO3. The van der Waals surface area contributed by atoms with Crippen molar-refractivity contribution < 1.29 is 18.7 Å². The first-order valence-electron chi connectivity index (χ1n) is 7.95. The van der Waals surface area contributed by atoms with Gasteiger partial charge in [-0.1, -0.05) is 13.3 Å². The number of halogens is 1. The third kappa shape index (κ3) is 6.00. The van der Waals surface area contributed by atoms with E-state index < -0.39 is 23.6 Å². The van der Waals surface area contributed by atoms with E-state index in [1.165, 1.54) is 29.2 Å². The van der Waals surface area contributed by atoms with Crippen LogP contribution in [0.5, 0.6) is 0 Å². The van der Waals surface area contributed by atoms with Gasteiger partial charge in [0.1, 0.15) is 11.4 Å². The highest BCUT2D eigenvalue weighted by Gasteiger charge is 2.30. The maximum atomic E-state index is 13.0. The van der Waals surface area contributed by atoms with Gasteiger partial charge < -0.3 is 4.74 Å². The molecule has 0 fully saturated rings. The van der Waals surface area contributed by atoms with Gasteiger partial charge in [0.15, 0.2) is 5.78 Å². The molecule has 1 unspecified atom stereocenters. The lowest BCUT2D eigenvalue weighted by molar-refractivity contribution is 0.0172. The second-order valence-electron chi connectivity index (χ2n) is 6.57. The fourth-order valence-corrected chi connectivity index (χ4v) is 2.09. The lowest BCUT2D eigenvalue weighted by Crippen LogP contribution is -2.46. The molecule has 4 nitrogen and oxygen atoms in total. The zero-order valence-electron chi connectivity index (χ0n) is 14.6. The molecule has 1 amide bonds. The highest BCUT2D eigenvalue weighted by molar-refractivity contribution is 6.01. The molecule has 5 heteroatoms. The van der Waals surface area contributed by atoms with Crippen LogP contribution in [-0.2, 0) is 4.74 Å². The summed E-state index contributed by atoms with van der Waals surface area (Å²) in [6.07, 6.45) is 1.17. The van der Waals surface area contributed by atoms with Gasteiger partial charge in [0.05, 0.1) is 6.04 Å². The Morgan fingerprint density at radius 1 is 1.22 bits per heavy atom. The molecule has 0 aliphatic heterocycles. The molecule has 0 radical (unpaired) electrons. The summed E-state index contributed by atoms with van der Waals surface area (Å²) in [4.78, 5) is 26.4. The van der Waals surface area contributed by atoms with Gasteiger partial charge in [-0.05, 0) is 58.4 Å². The van der Waals surface area contributed by atoms with Crippen molar-refractivity contribution in [3.05, 3.63) is 35.6 Å². The Morgan fingerprint density at radius 3 is 2.26 bits per heavy atom. The van der Waals surface area contributed by atoms with Crippen LogP contribution in [0.2, 0.25) is 0 Å². The number of ketones is 1. The molecule has 0 aliphatic carbocycles. The number of unbranched alkanes of at least 4 members (excludes halogenated alkanes) is 1. The Kier molecular flexibility index (Phi) is 6.73. The van der Waals surface area contributed by atoms with Gasteiger partial charge in [0.25, 0.3) is 0 Å². The molecule has 1 atom stereocenters. The smallest absolute Gasteiger partial charge is 0.410 e. The van der Waals surface area contributed by atoms with Crippen LogP contribution in [0.3, 0.4) is 0 Å². The third-order valence-electron chi connectivity index (χ3n) is 3.36. The average molecular weight is 323 g/mol. The van der Waals surface area contributed by atoms with Crippen molar-refractivity contribution in [3.63, 3.8) is 0 Å². The zero-order valence-corrected chi connectivity index (χ0v) is 14.6. The number of hydrogen-bond acceptors (Lipinski definition) is 3. The van der Waals surface area contributed by atoms with E-state index in [4.69, 9.17) is 4.74 Å². The molecule has 0 N–H and O–H groups in total. The molecule has 128 valence electrons. The first-order chi connectivity index (χ1) is 10.7. The summed E-state index contributed by atoms with van der Waals surface area (Å²) < 4.78 is 18.4. The van der Waals surface area contributed by atoms with E-state index in [2.05, 4.69) is 0 Å². The molecule has 23 heavy (non-hydrogen) atoms. The average Bonchev–Trinajstić information content (AvgIpc) is 2.45. The summed E-state index contributed by atoms with van der Waals surface area (Å²) in [6, 6.07) is 4.68. The van der Waals surface area contributed by atoms with E-state index in [0.29, 0.717) is 12.1 Å². The van der Waals surface area contributed by atoms with Crippen LogP contribution in [0.15, 0.2) is 24.3 Å². The Bertz CT molecular complexity index is 534. The van der Waals surface area contributed by atoms with E-state index in [-0.39, 0.29) is 5.78 Å². The quantitative estimate of drug-likeness (QED) is 0.727. The molecule has 0 bridgehead atoms. The van der Waals surface area contributed by atoms with Crippen LogP contribution in [0, 0.1) is 5.82 Å². The first kappa shape index (κ1) is 19.1. The van der Waals surface area contributed by atoms with Crippen LogP contribution in [-0.4, -0.2) is 35.0 Å². The molecular weight excluding hydrogens is 297 g/mol. The first-order valence-corrected chi connectivity index (χ1v) is 7.95. The number of ether oxygens (including phenoxy) is 1. The van der Waals surface area contributed by atoms with Crippen LogP contribution < -0.4 is 0 Å². The van der Waals surface area contributed by atoms with Gasteiger partial charge in [-0.2, -0.15) is 0 Å². The second kappa shape index (κ2) is 8.09. The van der Waals surface area contributed by atoms with Gasteiger partial charge >= 0.3 is 6.09 Å². The second-order valence-corrected chi connectivity index (χ2v) is 6.57. The van der Waals surface area contributed by atoms with Gasteiger partial charge in [-0.15, -0.1) is 0 Å². The number of hydrogen-bond donors (Lipinski definition) is 0. The molecule has 1 rings (SSSR count). The van der Waals surface area contributed by atoms with E-state index in [0.717, 1.165) is 12.8 Å². The molecule has 0 aliphatic rings. The summed E-state index contributed by atoms with van der Waals surface area (Å²) in [7, 11) is 0. The number of carbonyl (C=O) groups is 2. The van der Waals surface area contributed by atoms with Crippen molar-refractivity contribution in [2.75, 3.05) is 6.54 Å². The molecule has 1 aromatic rings. The van der Waals surface area contributed by atoms with Crippen LogP contribution in [0.1, 0.15) is 57.8 Å². The summed E-state index contributed by atoms with van der Waals surface area (Å²) in [6.45, 7) is 9.49. The minimum Gasteiger partial charge on any atom is -0.444 e. The predicted molar refractivity (Wildman–Crippen MR) is 88.0 cm³/mol. The van der Waals surface area contributed by atoms with Crippen LogP contribution in [0.4, 0.5) is 9.18 Å². The number of rotatable bonds is 6. The lowest BCUT2D eigenvalue weighted by Gasteiger charge is -2.31. The summed E-state index contributed by atoms with van der Waals surface area (Å²) in [5.41, 5.74) is -0.246. The summed E-state index contributed by atoms with van der Waals surface area (Å²) in [5.74, 6) is -0.629. The largest absolute Gasteiger partial charge is 0.444 e. The Morgan fingerprint density at radius 2 is 1.78 bits per heavy atom. The Hall–Kier alpha value is -1.91. The minimum absolute atomic E-state index is 0.230. The fourth-order valence-electron chi connectivity index (χ4n) is 2.09. The highest BCUT2D eigenvalue weighted by Crippen LogP contribution is 2.16. The van der Waals surface area contributed by atoms with E-state index in [1.807, 2.05) is 6.92 Å². The number of Topliss-reactive ketones (excluding diaryl/α,β-unsaturated/α-hetero) is 1. The SMILES string of the molecule is CCCCN(C(=O)OC(C)(C)C)C(C)C(=O)c1ccc(F)cc1. The zero-order chi connectivity index (χ0) is 17.6. The number of nitrogens with zero attached hydrogens (tertiary/aromatic N) is 1. The fraction of sp³-hybridized carbons (Fsp3) is 0.556. The normalized spacial score (nSPS) is 12.6. The van der Waals surface area contributed by atoms with Gasteiger partial charge in [-0.3, -0.25) is 9.69 Å². The molecule has 1 aromatic carbocycles. The van der Waals surface area contributed by atoms with E-state index in [1.54, 1.807) is 27.7 Å². The third-order valence-corrected chi connectivity index (χ3v) is 3.36. The highest BCUT2D eigenvalue weighted by atomic mass is 19.1. The van der Waals surface area contributed by atoms with Crippen molar-refractivity contribution in [2.24, 2.45) is 0 Å². The molecule has 0 aromatic heterocycles. The van der Waals surface area contributed by atoms with Gasteiger partial charge in [0.2, 0.25) is 0 Å². The Labute approximate surface area is 137 Å². The standard InChI is InChI=1S/C18H26FNO3/c1-6-7-12-20(17(22)23-18(3,4)5)13(2)16(21)14-8-10-15(19)11-9-14/h8-11,13H,6-7,12H2,1-5H3. The molecule has 0 heterocycles. The number of carbonyl (C=O) groups excluding carboxylic acids is 2. The van der Waals surface area contributed by atoms with Crippen molar-refractivity contribution in [1.82, 2.24) is 4.90 Å². The van der Waals surface area contributed by atoms with Gasteiger partial charge in [0, 0.05) is 12.1 Å².